The Morgan fingerprint density at radius 1 is 1.25 bits per heavy atom. The molecule has 6 heteroatoms. The number of hydrogen-bond donors (Lipinski definition) is 2. The Kier molecular flexibility index (Phi) is 3.77. The van der Waals surface area contributed by atoms with Gasteiger partial charge in [-0.25, -0.2) is 0 Å². The zero-order valence-corrected chi connectivity index (χ0v) is 8.53. The first kappa shape index (κ1) is 12.8. The van der Waals surface area contributed by atoms with Gasteiger partial charge in [0.15, 0.2) is 0 Å². The first-order valence-corrected chi connectivity index (χ1v) is 4.59. The van der Waals surface area contributed by atoms with Crippen molar-refractivity contribution in [3.05, 3.63) is 29.8 Å². The van der Waals surface area contributed by atoms with Crippen LogP contribution in [0.15, 0.2) is 24.3 Å². The summed E-state index contributed by atoms with van der Waals surface area (Å²) in [6, 6.07) is 4.47. The Bertz CT molecular complexity index is 335. The fourth-order valence-corrected chi connectivity index (χ4v) is 1.17. The molecular weight excluding hydrogens is 223 g/mol. The number of nitrogens with two attached hydrogens (primary N) is 1. The minimum Gasteiger partial charge on any atom is -0.406 e. The highest BCUT2D eigenvalue weighted by Crippen LogP contribution is 2.24. The van der Waals surface area contributed by atoms with Crippen molar-refractivity contribution in [1.29, 1.82) is 0 Å². The SMILES string of the molecule is C[C@@H](O)[C@H](N)c1ccc(OC(F)(F)F)cc1. The molecular formula is C10H12F3NO2. The highest BCUT2D eigenvalue weighted by molar-refractivity contribution is 5.29. The third-order valence-electron chi connectivity index (χ3n) is 2.02. The standard InChI is InChI=1S/C10H12F3NO2/c1-6(15)9(14)7-2-4-8(5-3-7)16-10(11,12)13/h2-6,9,15H,14H2,1H3/t6-,9+/m1/s1. The van der Waals surface area contributed by atoms with Crippen LogP contribution in [0, 0.1) is 0 Å². The largest absolute Gasteiger partial charge is 0.573 e. The van der Waals surface area contributed by atoms with Crippen molar-refractivity contribution < 1.29 is 23.0 Å². The smallest absolute Gasteiger partial charge is 0.406 e. The summed E-state index contributed by atoms with van der Waals surface area (Å²) in [6.45, 7) is 1.50. The lowest BCUT2D eigenvalue weighted by atomic mass is 10.0. The molecule has 1 aromatic rings. The van der Waals surface area contributed by atoms with Gasteiger partial charge in [-0.1, -0.05) is 12.1 Å². The van der Waals surface area contributed by atoms with Crippen LogP contribution in [0.1, 0.15) is 18.5 Å². The summed E-state index contributed by atoms with van der Waals surface area (Å²) in [4.78, 5) is 0. The van der Waals surface area contributed by atoms with Gasteiger partial charge in [0.25, 0.3) is 0 Å². The van der Waals surface area contributed by atoms with Gasteiger partial charge in [0, 0.05) is 0 Å². The van der Waals surface area contributed by atoms with Crippen LogP contribution >= 0.6 is 0 Å². The van der Waals surface area contributed by atoms with Crippen molar-refractivity contribution in [3.63, 3.8) is 0 Å². The van der Waals surface area contributed by atoms with E-state index in [1.165, 1.54) is 19.1 Å². The fraction of sp³-hybridized carbons (Fsp3) is 0.400. The molecule has 0 spiro atoms. The van der Waals surface area contributed by atoms with Crippen molar-refractivity contribution in [3.8, 4) is 5.75 Å². The number of ether oxygens (including phenoxy) is 1. The Morgan fingerprint density at radius 3 is 2.12 bits per heavy atom. The van der Waals surface area contributed by atoms with Crippen LogP contribution in [0.25, 0.3) is 0 Å². The predicted molar refractivity (Wildman–Crippen MR) is 51.7 cm³/mol. The molecule has 16 heavy (non-hydrogen) atoms. The molecule has 0 fully saturated rings. The molecule has 90 valence electrons. The summed E-state index contributed by atoms with van der Waals surface area (Å²) in [5, 5.41) is 9.19. The molecule has 0 saturated carbocycles. The Labute approximate surface area is 90.6 Å². The van der Waals surface area contributed by atoms with Gasteiger partial charge in [0.05, 0.1) is 12.1 Å². The molecule has 0 bridgehead atoms. The van der Waals surface area contributed by atoms with Crippen LogP contribution in [0.3, 0.4) is 0 Å². The van der Waals surface area contributed by atoms with E-state index in [1.54, 1.807) is 0 Å². The van der Waals surface area contributed by atoms with E-state index in [4.69, 9.17) is 5.73 Å². The Hall–Kier alpha value is -1.27. The summed E-state index contributed by atoms with van der Waals surface area (Å²) in [5.41, 5.74) is 6.15. The van der Waals surface area contributed by atoms with Gasteiger partial charge >= 0.3 is 6.36 Å². The molecule has 0 aliphatic rings. The molecule has 3 N–H and O–H groups in total. The molecule has 0 aliphatic carbocycles. The average Bonchev–Trinajstić information content (AvgIpc) is 2.15. The number of benzene rings is 1. The number of rotatable bonds is 3. The van der Waals surface area contributed by atoms with Gasteiger partial charge in [0.2, 0.25) is 0 Å². The molecule has 0 amide bonds. The van der Waals surface area contributed by atoms with Crippen LogP contribution in [-0.2, 0) is 0 Å². The monoisotopic (exact) mass is 235 g/mol. The zero-order valence-electron chi connectivity index (χ0n) is 8.53. The molecule has 0 unspecified atom stereocenters. The fourth-order valence-electron chi connectivity index (χ4n) is 1.17. The van der Waals surface area contributed by atoms with E-state index in [1.807, 2.05) is 0 Å². The van der Waals surface area contributed by atoms with E-state index in [0.717, 1.165) is 12.1 Å². The lowest BCUT2D eigenvalue weighted by Gasteiger charge is -2.15. The van der Waals surface area contributed by atoms with Gasteiger partial charge in [0.1, 0.15) is 5.75 Å². The van der Waals surface area contributed by atoms with Gasteiger partial charge < -0.3 is 15.6 Å². The number of aliphatic hydroxyl groups excluding tert-OH is 1. The van der Waals surface area contributed by atoms with E-state index in [9.17, 15) is 18.3 Å². The summed E-state index contributed by atoms with van der Waals surface area (Å²) in [7, 11) is 0. The highest BCUT2D eigenvalue weighted by atomic mass is 19.4. The zero-order chi connectivity index (χ0) is 12.3. The van der Waals surface area contributed by atoms with E-state index in [0.29, 0.717) is 5.56 Å². The number of halogens is 3. The maximum atomic E-state index is 11.8. The maximum Gasteiger partial charge on any atom is 0.573 e. The quantitative estimate of drug-likeness (QED) is 0.842. The predicted octanol–water partition coefficient (Wildman–Crippen LogP) is 1.97. The first-order valence-electron chi connectivity index (χ1n) is 4.59. The van der Waals surface area contributed by atoms with Crippen LogP contribution < -0.4 is 10.5 Å². The number of aliphatic hydroxyl groups is 1. The van der Waals surface area contributed by atoms with E-state index in [2.05, 4.69) is 4.74 Å². The third-order valence-corrected chi connectivity index (χ3v) is 2.02. The van der Waals surface area contributed by atoms with Crippen molar-refractivity contribution >= 4 is 0 Å². The second-order valence-electron chi connectivity index (χ2n) is 3.38. The van der Waals surface area contributed by atoms with Gasteiger partial charge in [-0.15, -0.1) is 13.2 Å². The summed E-state index contributed by atoms with van der Waals surface area (Å²) >= 11 is 0. The third kappa shape index (κ3) is 3.71. The van der Waals surface area contributed by atoms with Gasteiger partial charge in [-0.05, 0) is 24.6 Å². The van der Waals surface area contributed by atoms with Crippen LogP contribution in [0.2, 0.25) is 0 Å². The molecule has 0 aromatic heterocycles. The minimum atomic E-state index is -4.70. The number of alkyl halides is 3. The van der Waals surface area contributed by atoms with Crippen molar-refractivity contribution in [2.75, 3.05) is 0 Å². The van der Waals surface area contributed by atoms with Crippen molar-refractivity contribution in [2.24, 2.45) is 5.73 Å². The summed E-state index contributed by atoms with van der Waals surface area (Å²) in [5.74, 6) is -0.311. The highest BCUT2D eigenvalue weighted by Gasteiger charge is 2.31. The molecule has 1 aromatic carbocycles. The molecule has 2 atom stereocenters. The molecule has 0 aliphatic heterocycles. The van der Waals surface area contributed by atoms with E-state index >= 15 is 0 Å². The topological polar surface area (TPSA) is 55.5 Å². The Morgan fingerprint density at radius 2 is 1.75 bits per heavy atom. The average molecular weight is 235 g/mol. The van der Waals surface area contributed by atoms with E-state index in [-0.39, 0.29) is 5.75 Å². The van der Waals surface area contributed by atoms with Crippen molar-refractivity contribution in [2.45, 2.75) is 25.4 Å². The number of hydrogen-bond acceptors (Lipinski definition) is 3. The summed E-state index contributed by atoms with van der Waals surface area (Å²) < 4.78 is 39.2. The van der Waals surface area contributed by atoms with Crippen LogP contribution in [0.5, 0.6) is 5.75 Å². The summed E-state index contributed by atoms with van der Waals surface area (Å²) in [6.07, 6.45) is -5.47. The van der Waals surface area contributed by atoms with Crippen LogP contribution in [-0.4, -0.2) is 17.6 Å². The molecule has 0 saturated heterocycles. The Balaban J connectivity index is 2.76. The normalized spacial score (nSPS) is 15.6. The van der Waals surface area contributed by atoms with Crippen molar-refractivity contribution in [1.82, 2.24) is 0 Å². The minimum absolute atomic E-state index is 0.311. The lowest BCUT2D eigenvalue weighted by molar-refractivity contribution is -0.274. The van der Waals surface area contributed by atoms with Gasteiger partial charge in [-0.3, -0.25) is 0 Å². The molecule has 1 rings (SSSR count). The first-order chi connectivity index (χ1) is 7.29. The van der Waals surface area contributed by atoms with Crippen LogP contribution in [0.4, 0.5) is 13.2 Å². The van der Waals surface area contributed by atoms with Gasteiger partial charge in [-0.2, -0.15) is 0 Å². The molecule has 3 nitrogen and oxygen atoms in total. The second-order valence-corrected chi connectivity index (χ2v) is 3.38. The molecule has 0 radical (unpaired) electrons. The lowest BCUT2D eigenvalue weighted by Crippen LogP contribution is -2.23. The second kappa shape index (κ2) is 4.71. The van der Waals surface area contributed by atoms with E-state index < -0.39 is 18.5 Å². The maximum absolute atomic E-state index is 11.8. The molecule has 0 heterocycles.